The van der Waals surface area contributed by atoms with Crippen LogP contribution in [-0.2, 0) is 0 Å². The van der Waals surface area contributed by atoms with E-state index in [4.69, 9.17) is 0 Å². The van der Waals surface area contributed by atoms with E-state index >= 15 is 0 Å². The molecule has 0 saturated carbocycles. The Morgan fingerprint density at radius 2 is 2.17 bits per heavy atom. The first-order valence-electron chi connectivity index (χ1n) is 6.69. The van der Waals surface area contributed by atoms with Gasteiger partial charge in [-0.3, -0.25) is 0 Å². The van der Waals surface area contributed by atoms with Gasteiger partial charge in [0.25, 0.3) is 0 Å². The molecule has 0 aliphatic heterocycles. The zero-order valence-corrected chi connectivity index (χ0v) is 12.1. The fraction of sp³-hybridized carbons (Fsp3) is 0.571. The van der Waals surface area contributed by atoms with Crippen molar-refractivity contribution in [2.75, 3.05) is 6.54 Å². The summed E-state index contributed by atoms with van der Waals surface area (Å²) in [4.78, 5) is 9.92. The Hall–Kier alpha value is -1.00. The quantitative estimate of drug-likeness (QED) is 0.865. The monoisotopic (exact) mass is 263 g/mol. The Labute approximate surface area is 113 Å². The van der Waals surface area contributed by atoms with Gasteiger partial charge in [0.1, 0.15) is 11.2 Å². The summed E-state index contributed by atoms with van der Waals surface area (Å²) < 4.78 is 0. The molecule has 0 aliphatic rings. The standard InChI is InChI=1S/C14H21N3S/c1-4-7-15-12(5-2)10(3)13-11-6-8-18-14(11)17-9-16-13/h6,8-10,12,15H,4-5,7H2,1-3H3. The second-order valence-corrected chi connectivity index (χ2v) is 5.55. The number of fused-ring (bicyclic) bond motifs is 1. The summed E-state index contributed by atoms with van der Waals surface area (Å²) in [6, 6.07) is 2.63. The van der Waals surface area contributed by atoms with Gasteiger partial charge in [0.15, 0.2) is 0 Å². The van der Waals surface area contributed by atoms with Crippen molar-refractivity contribution in [1.29, 1.82) is 0 Å². The van der Waals surface area contributed by atoms with Gasteiger partial charge >= 0.3 is 0 Å². The SMILES string of the molecule is CCCNC(CC)C(C)c1ncnc2sccc12. The highest BCUT2D eigenvalue weighted by molar-refractivity contribution is 7.16. The molecule has 0 bridgehead atoms. The third kappa shape index (κ3) is 2.70. The van der Waals surface area contributed by atoms with Gasteiger partial charge in [-0.2, -0.15) is 0 Å². The van der Waals surface area contributed by atoms with Crippen molar-refractivity contribution in [3.05, 3.63) is 23.5 Å². The molecule has 98 valence electrons. The minimum Gasteiger partial charge on any atom is -0.313 e. The van der Waals surface area contributed by atoms with Gasteiger partial charge in [-0.15, -0.1) is 11.3 Å². The van der Waals surface area contributed by atoms with E-state index in [0.717, 1.165) is 17.8 Å². The minimum atomic E-state index is 0.418. The van der Waals surface area contributed by atoms with Crippen molar-refractivity contribution < 1.29 is 0 Å². The van der Waals surface area contributed by atoms with Gasteiger partial charge < -0.3 is 5.32 Å². The van der Waals surface area contributed by atoms with Crippen LogP contribution in [0.3, 0.4) is 0 Å². The zero-order valence-electron chi connectivity index (χ0n) is 11.3. The Morgan fingerprint density at radius 1 is 1.33 bits per heavy atom. The highest BCUT2D eigenvalue weighted by Crippen LogP contribution is 2.28. The average Bonchev–Trinajstić information content (AvgIpc) is 2.87. The Kier molecular flexibility index (Phi) is 4.66. The molecule has 0 aromatic carbocycles. The van der Waals surface area contributed by atoms with Crippen LogP contribution >= 0.6 is 11.3 Å². The first-order valence-corrected chi connectivity index (χ1v) is 7.57. The van der Waals surface area contributed by atoms with E-state index in [0.29, 0.717) is 12.0 Å². The maximum Gasteiger partial charge on any atom is 0.126 e. The molecule has 18 heavy (non-hydrogen) atoms. The highest BCUT2D eigenvalue weighted by Gasteiger charge is 2.20. The summed E-state index contributed by atoms with van der Waals surface area (Å²) in [6.45, 7) is 7.76. The summed E-state index contributed by atoms with van der Waals surface area (Å²) in [5.74, 6) is 0.418. The number of nitrogens with zero attached hydrogens (tertiary/aromatic N) is 2. The molecular formula is C14H21N3S. The number of hydrogen-bond acceptors (Lipinski definition) is 4. The molecule has 0 saturated heterocycles. The fourth-order valence-electron chi connectivity index (χ4n) is 2.37. The van der Waals surface area contributed by atoms with Crippen LogP contribution in [-0.4, -0.2) is 22.6 Å². The van der Waals surface area contributed by atoms with E-state index < -0.39 is 0 Å². The molecule has 2 unspecified atom stereocenters. The zero-order chi connectivity index (χ0) is 13.0. The predicted octanol–water partition coefficient (Wildman–Crippen LogP) is 3.57. The van der Waals surface area contributed by atoms with Crippen LogP contribution in [0.5, 0.6) is 0 Å². The largest absolute Gasteiger partial charge is 0.313 e. The lowest BCUT2D eigenvalue weighted by Gasteiger charge is -2.24. The van der Waals surface area contributed by atoms with Crippen LogP contribution < -0.4 is 5.32 Å². The summed E-state index contributed by atoms with van der Waals surface area (Å²) in [5.41, 5.74) is 1.18. The molecule has 0 radical (unpaired) electrons. The molecule has 1 N–H and O–H groups in total. The van der Waals surface area contributed by atoms with E-state index in [-0.39, 0.29) is 0 Å². The molecule has 2 atom stereocenters. The molecule has 0 amide bonds. The normalized spacial score (nSPS) is 14.8. The predicted molar refractivity (Wildman–Crippen MR) is 78.2 cm³/mol. The van der Waals surface area contributed by atoms with Gasteiger partial charge in [-0.05, 0) is 30.8 Å². The van der Waals surface area contributed by atoms with Gasteiger partial charge in [-0.1, -0.05) is 20.8 Å². The molecule has 2 rings (SSSR count). The van der Waals surface area contributed by atoms with Gasteiger partial charge in [-0.25, -0.2) is 9.97 Å². The van der Waals surface area contributed by atoms with Crippen molar-refractivity contribution >= 4 is 21.6 Å². The number of nitrogens with one attached hydrogen (secondary N) is 1. The lowest BCUT2D eigenvalue weighted by atomic mass is 9.94. The average molecular weight is 263 g/mol. The number of aromatic nitrogens is 2. The van der Waals surface area contributed by atoms with Crippen molar-refractivity contribution in [1.82, 2.24) is 15.3 Å². The second-order valence-electron chi connectivity index (χ2n) is 4.66. The van der Waals surface area contributed by atoms with Crippen LogP contribution in [0.25, 0.3) is 10.2 Å². The third-order valence-electron chi connectivity index (χ3n) is 3.42. The van der Waals surface area contributed by atoms with Crippen molar-refractivity contribution in [2.45, 2.75) is 45.6 Å². The first kappa shape index (κ1) is 13.4. The lowest BCUT2D eigenvalue weighted by Crippen LogP contribution is -2.34. The van der Waals surface area contributed by atoms with Crippen LogP contribution in [0.15, 0.2) is 17.8 Å². The summed E-state index contributed by atoms with van der Waals surface area (Å²) in [5, 5.41) is 6.93. The van der Waals surface area contributed by atoms with Crippen molar-refractivity contribution in [3.63, 3.8) is 0 Å². The molecule has 0 aliphatic carbocycles. The molecular weight excluding hydrogens is 242 g/mol. The van der Waals surface area contributed by atoms with Crippen LogP contribution in [0, 0.1) is 0 Å². The Balaban J connectivity index is 2.25. The topological polar surface area (TPSA) is 37.8 Å². The lowest BCUT2D eigenvalue weighted by molar-refractivity contribution is 0.434. The maximum absolute atomic E-state index is 4.51. The van der Waals surface area contributed by atoms with Gasteiger partial charge in [0.2, 0.25) is 0 Å². The highest BCUT2D eigenvalue weighted by atomic mass is 32.1. The molecule has 3 nitrogen and oxygen atoms in total. The third-order valence-corrected chi connectivity index (χ3v) is 4.24. The Morgan fingerprint density at radius 3 is 2.89 bits per heavy atom. The fourth-order valence-corrected chi connectivity index (χ4v) is 3.11. The van der Waals surface area contributed by atoms with Crippen LogP contribution in [0.1, 0.15) is 45.2 Å². The Bertz CT molecular complexity index is 494. The van der Waals surface area contributed by atoms with E-state index in [1.54, 1.807) is 17.7 Å². The minimum absolute atomic E-state index is 0.418. The first-order chi connectivity index (χ1) is 8.77. The molecule has 0 fully saturated rings. The summed E-state index contributed by atoms with van der Waals surface area (Å²) in [6.07, 6.45) is 3.98. The molecule has 2 aromatic rings. The number of hydrogen-bond donors (Lipinski definition) is 1. The van der Waals surface area contributed by atoms with E-state index in [2.05, 4.69) is 47.5 Å². The maximum atomic E-state index is 4.51. The molecule has 4 heteroatoms. The van der Waals surface area contributed by atoms with Gasteiger partial charge in [0.05, 0.1) is 5.69 Å². The molecule has 2 aromatic heterocycles. The van der Waals surface area contributed by atoms with E-state index in [9.17, 15) is 0 Å². The number of thiophene rings is 1. The van der Waals surface area contributed by atoms with Crippen molar-refractivity contribution in [2.24, 2.45) is 0 Å². The van der Waals surface area contributed by atoms with E-state index in [1.165, 1.54) is 17.5 Å². The second kappa shape index (κ2) is 6.25. The molecule has 2 heterocycles. The van der Waals surface area contributed by atoms with Crippen LogP contribution in [0.4, 0.5) is 0 Å². The summed E-state index contributed by atoms with van der Waals surface area (Å²) in [7, 11) is 0. The van der Waals surface area contributed by atoms with E-state index in [1.807, 2.05) is 0 Å². The van der Waals surface area contributed by atoms with Crippen molar-refractivity contribution in [3.8, 4) is 0 Å². The number of rotatable bonds is 6. The molecule has 0 spiro atoms. The summed E-state index contributed by atoms with van der Waals surface area (Å²) >= 11 is 1.68. The van der Waals surface area contributed by atoms with Gasteiger partial charge in [0, 0.05) is 17.3 Å². The van der Waals surface area contributed by atoms with Crippen LogP contribution in [0.2, 0.25) is 0 Å². The smallest absolute Gasteiger partial charge is 0.126 e.